The maximum absolute atomic E-state index is 11.8. The number of rotatable bonds is 10. The minimum Gasteiger partial charge on any atom is -0.480 e. The van der Waals surface area contributed by atoms with E-state index in [1.807, 2.05) is 13.8 Å². The number of nitrogens with zero attached hydrogens (tertiary/aromatic N) is 1. The van der Waals surface area contributed by atoms with Crippen LogP contribution in [0.1, 0.15) is 26.7 Å². The summed E-state index contributed by atoms with van der Waals surface area (Å²) in [4.78, 5) is 35.1. The van der Waals surface area contributed by atoms with Gasteiger partial charge in [0.05, 0.1) is 6.61 Å². The zero-order valence-electron chi connectivity index (χ0n) is 12.8. The minimum atomic E-state index is -1.10. The maximum Gasteiger partial charge on any atom is 0.323 e. The third kappa shape index (κ3) is 9.67. The molecule has 3 amide bonds. The summed E-state index contributed by atoms with van der Waals surface area (Å²) < 4.78 is 4.82. The number of ether oxygens (including phenoxy) is 1. The van der Waals surface area contributed by atoms with Crippen LogP contribution < -0.4 is 10.6 Å². The first-order chi connectivity index (χ1) is 9.90. The smallest absolute Gasteiger partial charge is 0.323 e. The molecule has 0 saturated heterocycles. The zero-order valence-corrected chi connectivity index (χ0v) is 12.8. The molecule has 0 saturated carbocycles. The van der Waals surface area contributed by atoms with Gasteiger partial charge in [0, 0.05) is 32.7 Å². The molecule has 0 spiro atoms. The van der Waals surface area contributed by atoms with Gasteiger partial charge in [0.2, 0.25) is 5.91 Å². The molecule has 0 aromatic rings. The van der Waals surface area contributed by atoms with Crippen LogP contribution in [0.25, 0.3) is 0 Å². The number of hydrogen-bond donors (Lipinski definition) is 3. The minimum absolute atomic E-state index is 0.0958. The largest absolute Gasteiger partial charge is 0.480 e. The number of amides is 3. The van der Waals surface area contributed by atoms with Gasteiger partial charge < -0.3 is 25.4 Å². The summed E-state index contributed by atoms with van der Waals surface area (Å²) in [6.07, 6.45) is 0.989. The van der Waals surface area contributed by atoms with Crippen molar-refractivity contribution in [1.82, 2.24) is 15.5 Å². The van der Waals surface area contributed by atoms with Crippen LogP contribution in [0.3, 0.4) is 0 Å². The lowest BCUT2D eigenvalue weighted by Gasteiger charge is -2.20. The fourth-order valence-electron chi connectivity index (χ4n) is 1.46. The van der Waals surface area contributed by atoms with Gasteiger partial charge in [-0.05, 0) is 13.3 Å². The highest BCUT2D eigenvalue weighted by molar-refractivity contribution is 5.81. The zero-order chi connectivity index (χ0) is 16.3. The topological polar surface area (TPSA) is 108 Å². The first kappa shape index (κ1) is 19.2. The van der Waals surface area contributed by atoms with Crippen LogP contribution in [-0.4, -0.2) is 67.3 Å². The van der Waals surface area contributed by atoms with Gasteiger partial charge in [-0.1, -0.05) is 6.92 Å². The second-order valence-corrected chi connectivity index (χ2v) is 4.67. The lowest BCUT2D eigenvalue weighted by molar-refractivity contribution is -0.137. The molecular formula is C13H25N3O5. The summed E-state index contributed by atoms with van der Waals surface area (Å²) in [5, 5.41) is 14.1. The lowest BCUT2D eigenvalue weighted by atomic mass is 10.2. The molecule has 3 N–H and O–H groups in total. The number of methoxy groups -OCH3 is 1. The molecule has 21 heavy (non-hydrogen) atoms. The Morgan fingerprint density at radius 2 is 2.00 bits per heavy atom. The van der Waals surface area contributed by atoms with Crippen LogP contribution in [0.15, 0.2) is 0 Å². The highest BCUT2D eigenvalue weighted by Gasteiger charge is 2.16. The Morgan fingerprint density at radius 1 is 1.33 bits per heavy atom. The number of aliphatic carboxylic acids is 1. The highest BCUT2D eigenvalue weighted by Crippen LogP contribution is 1.92. The molecule has 0 aliphatic rings. The van der Waals surface area contributed by atoms with Crippen LogP contribution in [0.2, 0.25) is 0 Å². The quantitative estimate of drug-likeness (QED) is 0.528. The van der Waals surface area contributed by atoms with Crippen LogP contribution in [-0.2, 0) is 14.3 Å². The summed E-state index contributed by atoms with van der Waals surface area (Å²) in [5.41, 5.74) is 0. The highest BCUT2D eigenvalue weighted by atomic mass is 16.5. The van der Waals surface area contributed by atoms with Gasteiger partial charge in [-0.15, -0.1) is 0 Å². The normalized spacial score (nSPS) is 11.6. The first-order valence-corrected chi connectivity index (χ1v) is 6.93. The summed E-state index contributed by atoms with van der Waals surface area (Å²) in [6.45, 7) is 4.03. The van der Waals surface area contributed by atoms with Crippen molar-refractivity contribution in [3.05, 3.63) is 0 Å². The van der Waals surface area contributed by atoms with Gasteiger partial charge >= 0.3 is 12.0 Å². The van der Waals surface area contributed by atoms with E-state index in [1.165, 1.54) is 7.11 Å². The van der Waals surface area contributed by atoms with Crippen LogP contribution >= 0.6 is 0 Å². The number of urea groups is 1. The van der Waals surface area contributed by atoms with E-state index < -0.39 is 18.5 Å². The van der Waals surface area contributed by atoms with Gasteiger partial charge in [0.25, 0.3) is 0 Å². The van der Waals surface area contributed by atoms with E-state index in [-0.39, 0.29) is 38.1 Å². The van der Waals surface area contributed by atoms with Crippen molar-refractivity contribution in [3.63, 3.8) is 0 Å². The molecule has 8 heteroatoms. The Hall–Kier alpha value is -1.83. The second kappa shape index (κ2) is 10.9. The van der Waals surface area contributed by atoms with E-state index in [0.717, 1.165) is 11.3 Å². The number of nitrogens with one attached hydrogen (secondary N) is 2. The molecule has 0 bridgehead atoms. The lowest BCUT2D eigenvalue weighted by Crippen LogP contribution is -2.45. The Balaban J connectivity index is 4.12. The Morgan fingerprint density at radius 3 is 2.52 bits per heavy atom. The molecule has 0 fully saturated rings. The van der Waals surface area contributed by atoms with Crippen molar-refractivity contribution < 1.29 is 24.2 Å². The summed E-state index contributed by atoms with van der Waals surface area (Å²) >= 11 is 0. The molecule has 0 aromatic heterocycles. The standard InChI is InChI=1S/C13H25N3O5/c1-4-10(2)15-11(17)5-6-14-13(20)16(7-8-21-3)9-12(18)19/h10H,4-9H2,1-3H3,(H,14,20)(H,15,17)(H,18,19). The number of carbonyl (C=O) groups excluding carboxylic acids is 2. The molecule has 8 nitrogen and oxygen atoms in total. The van der Waals surface area contributed by atoms with Gasteiger partial charge in [-0.3, -0.25) is 9.59 Å². The molecule has 1 unspecified atom stereocenters. The maximum atomic E-state index is 11.8. The third-order valence-electron chi connectivity index (χ3n) is 2.83. The fraction of sp³-hybridized carbons (Fsp3) is 0.769. The average molecular weight is 303 g/mol. The SMILES string of the molecule is CCC(C)NC(=O)CCNC(=O)N(CCOC)CC(=O)O. The monoisotopic (exact) mass is 303 g/mol. The van der Waals surface area contributed by atoms with E-state index in [4.69, 9.17) is 9.84 Å². The number of hydrogen-bond acceptors (Lipinski definition) is 4. The number of carboxylic acid groups (broad SMARTS) is 1. The van der Waals surface area contributed by atoms with Gasteiger partial charge in [0.1, 0.15) is 6.54 Å². The Kier molecular flexibility index (Phi) is 9.95. The predicted molar refractivity (Wildman–Crippen MR) is 77.0 cm³/mol. The fourth-order valence-corrected chi connectivity index (χ4v) is 1.46. The molecular weight excluding hydrogens is 278 g/mol. The van der Waals surface area contributed by atoms with E-state index >= 15 is 0 Å². The summed E-state index contributed by atoms with van der Waals surface area (Å²) in [5.74, 6) is -1.25. The Bertz CT molecular complexity index is 349. The van der Waals surface area contributed by atoms with E-state index in [9.17, 15) is 14.4 Å². The molecule has 122 valence electrons. The summed E-state index contributed by atoms with van der Waals surface area (Å²) in [6, 6.07) is -0.427. The first-order valence-electron chi connectivity index (χ1n) is 6.93. The number of carboxylic acids is 1. The molecule has 0 aromatic carbocycles. The molecule has 0 aliphatic heterocycles. The Labute approximate surface area is 124 Å². The third-order valence-corrected chi connectivity index (χ3v) is 2.83. The van der Waals surface area contributed by atoms with E-state index in [2.05, 4.69) is 10.6 Å². The molecule has 0 heterocycles. The number of carbonyl (C=O) groups is 3. The summed E-state index contributed by atoms with van der Waals surface area (Å²) in [7, 11) is 1.47. The van der Waals surface area contributed by atoms with Gasteiger partial charge in [0.15, 0.2) is 0 Å². The molecule has 0 radical (unpaired) electrons. The molecule has 1 atom stereocenters. The molecule has 0 rings (SSSR count). The van der Waals surface area contributed by atoms with Gasteiger partial charge in [-0.25, -0.2) is 4.79 Å². The van der Waals surface area contributed by atoms with Crippen molar-refractivity contribution >= 4 is 17.9 Å². The van der Waals surface area contributed by atoms with Crippen molar-refractivity contribution in [1.29, 1.82) is 0 Å². The van der Waals surface area contributed by atoms with Crippen LogP contribution in [0, 0.1) is 0 Å². The molecule has 0 aliphatic carbocycles. The average Bonchev–Trinajstić information content (AvgIpc) is 2.42. The second-order valence-electron chi connectivity index (χ2n) is 4.67. The van der Waals surface area contributed by atoms with Gasteiger partial charge in [-0.2, -0.15) is 0 Å². The van der Waals surface area contributed by atoms with E-state index in [0.29, 0.717) is 0 Å². The van der Waals surface area contributed by atoms with Crippen molar-refractivity contribution in [2.45, 2.75) is 32.7 Å². The van der Waals surface area contributed by atoms with Crippen molar-refractivity contribution in [2.24, 2.45) is 0 Å². The van der Waals surface area contributed by atoms with Crippen LogP contribution in [0.4, 0.5) is 4.79 Å². The van der Waals surface area contributed by atoms with Crippen LogP contribution in [0.5, 0.6) is 0 Å². The van der Waals surface area contributed by atoms with Crippen molar-refractivity contribution in [3.8, 4) is 0 Å². The predicted octanol–water partition coefficient (Wildman–Crippen LogP) is 0.0338. The van der Waals surface area contributed by atoms with Crippen molar-refractivity contribution in [2.75, 3.05) is 33.4 Å². The van der Waals surface area contributed by atoms with E-state index in [1.54, 1.807) is 0 Å².